The van der Waals surface area contributed by atoms with Crippen LogP contribution in [0.15, 0.2) is 121 Å². The quantitative estimate of drug-likeness (QED) is 0.0455. The van der Waals surface area contributed by atoms with Crippen molar-refractivity contribution in [1.82, 2.24) is 0 Å². The summed E-state index contributed by atoms with van der Waals surface area (Å²) in [5.74, 6) is 0.258. The lowest BCUT2D eigenvalue weighted by Crippen LogP contribution is -2.13. The Morgan fingerprint density at radius 3 is 1.76 bits per heavy atom. The third-order valence-corrected chi connectivity index (χ3v) is 9.53. The number of hydrogen-bond acceptors (Lipinski definition) is 12. The summed E-state index contributed by atoms with van der Waals surface area (Å²) in [6.07, 6.45) is 0.547. The van der Waals surface area contributed by atoms with Gasteiger partial charge >= 0.3 is 0 Å². The summed E-state index contributed by atoms with van der Waals surface area (Å²) in [5.41, 5.74) is 3.92. The molecule has 2 heterocycles. The molecule has 14 heteroatoms. The number of nitrogens with one attached hydrogen (secondary N) is 4. The van der Waals surface area contributed by atoms with E-state index in [2.05, 4.69) is 27.3 Å². The molecule has 14 nitrogen and oxygen atoms in total. The van der Waals surface area contributed by atoms with Crippen LogP contribution in [0.3, 0.4) is 0 Å². The number of benzene rings is 6. The first-order valence-corrected chi connectivity index (χ1v) is 19.8. The lowest BCUT2D eigenvalue weighted by molar-refractivity contribution is 0.100. The van der Waals surface area contributed by atoms with Gasteiger partial charge in [-0.3, -0.25) is 19.2 Å². The first kappa shape index (κ1) is 44.1. The zero-order chi connectivity index (χ0) is 44.2. The fourth-order valence-corrected chi connectivity index (χ4v) is 5.94. The maximum absolute atomic E-state index is 12.2. The predicted molar refractivity (Wildman–Crippen MR) is 239 cm³/mol. The number of carbonyl (C=O) groups excluding carboxylic acids is 4. The second-order valence-electron chi connectivity index (χ2n) is 14.4. The lowest BCUT2D eigenvalue weighted by atomic mass is 10.1. The fourth-order valence-electron chi connectivity index (χ4n) is 5.94. The van der Waals surface area contributed by atoms with Gasteiger partial charge in [0.2, 0.25) is 0 Å². The summed E-state index contributed by atoms with van der Waals surface area (Å²) >= 11 is 0. The van der Waals surface area contributed by atoms with Crippen molar-refractivity contribution in [2.45, 2.75) is 26.1 Å². The van der Waals surface area contributed by atoms with Crippen molar-refractivity contribution in [3.8, 4) is 23.0 Å². The number of fused-ring (bicyclic) bond motifs is 1. The number of anilines is 4. The number of ketones is 2. The van der Waals surface area contributed by atoms with E-state index in [0.29, 0.717) is 35.7 Å². The molecule has 0 aromatic heterocycles. The van der Waals surface area contributed by atoms with Crippen LogP contribution in [-0.2, 0) is 9.47 Å². The predicted octanol–water partition coefficient (Wildman–Crippen LogP) is 8.17. The van der Waals surface area contributed by atoms with Crippen LogP contribution in [0.1, 0.15) is 55.3 Å². The number of hydrogen-bond donors (Lipinski definition) is 6. The molecule has 6 aromatic rings. The van der Waals surface area contributed by atoms with Crippen molar-refractivity contribution in [2.75, 3.05) is 61.8 Å². The Morgan fingerprint density at radius 1 is 0.597 bits per heavy atom. The van der Waals surface area contributed by atoms with Crippen LogP contribution in [0.25, 0.3) is 10.8 Å². The molecule has 6 N–H and O–H groups in total. The number of phenols is 2. The molecule has 2 aliphatic heterocycles. The summed E-state index contributed by atoms with van der Waals surface area (Å²) in [5, 5.41) is 33.0. The van der Waals surface area contributed by atoms with Gasteiger partial charge in [0.25, 0.3) is 11.8 Å². The Balaban J connectivity index is 0.000000155. The highest BCUT2D eigenvalue weighted by atomic mass is 16.6. The Labute approximate surface area is 358 Å². The summed E-state index contributed by atoms with van der Waals surface area (Å²) in [6.45, 7) is 5.66. The highest BCUT2D eigenvalue weighted by molar-refractivity contribution is 6.08. The number of rotatable bonds is 14. The van der Waals surface area contributed by atoms with Crippen molar-refractivity contribution >= 4 is 56.9 Å². The van der Waals surface area contributed by atoms with Gasteiger partial charge in [-0.15, -0.1) is 0 Å². The molecule has 2 amide bonds. The van der Waals surface area contributed by atoms with E-state index in [9.17, 15) is 29.4 Å². The molecule has 6 aromatic carbocycles. The minimum Gasteiger partial charge on any atom is -0.508 e. The molecule has 62 heavy (non-hydrogen) atoms. The van der Waals surface area contributed by atoms with Gasteiger partial charge in [-0.25, -0.2) is 0 Å². The molecule has 0 saturated carbocycles. The summed E-state index contributed by atoms with van der Waals surface area (Å²) in [6, 6.07) is 34.8. The monoisotopic (exact) mass is 840 g/mol. The molecule has 2 unspecified atom stereocenters. The van der Waals surface area contributed by atoms with Crippen molar-refractivity contribution in [1.29, 1.82) is 0 Å². The van der Waals surface area contributed by atoms with Gasteiger partial charge in [-0.2, -0.15) is 0 Å². The molecule has 0 radical (unpaired) electrons. The summed E-state index contributed by atoms with van der Waals surface area (Å²) in [7, 11) is 3.57. The second kappa shape index (κ2) is 20.7. The highest BCUT2D eigenvalue weighted by Crippen LogP contribution is 2.30. The SMILES string of the molecule is CNc1cccc(NC(=O)c2cc(C(C)=O)ccc2O)c1.CNc1cccc(NC(=O)c2cc(O)cc(C(C)=O)c2)c1.c1cc(OCC2CO2)c2ccc(OCC3CO3)cc2c1. The van der Waals surface area contributed by atoms with Crippen molar-refractivity contribution in [3.05, 3.63) is 144 Å². The van der Waals surface area contributed by atoms with Crippen LogP contribution in [-0.4, -0.2) is 86.3 Å². The smallest absolute Gasteiger partial charge is 0.259 e. The van der Waals surface area contributed by atoms with Gasteiger partial charge in [0.1, 0.15) is 48.4 Å². The second-order valence-corrected chi connectivity index (χ2v) is 14.4. The number of phenolic OH excluding ortho intramolecular Hbond substituents is 2. The maximum Gasteiger partial charge on any atom is 0.259 e. The Kier molecular flexibility index (Phi) is 14.7. The van der Waals surface area contributed by atoms with Crippen LogP contribution in [0.2, 0.25) is 0 Å². The third kappa shape index (κ3) is 12.8. The van der Waals surface area contributed by atoms with Gasteiger partial charge < -0.3 is 50.4 Å². The molecule has 2 saturated heterocycles. The average Bonchev–Trinajstić information content (AvgIpc) is 4.22. The van der Waals surface area contributed by atoms with Crippen LogP contribution in [0.5, 0.6) is 23.0 Å². The molecular formula is C48H48N4O10. The summed E-state index contributed by atoms with van der Waals surface area (Å²) in [4.78, 5) is 47.1. The van der Waals surface area contributed by atoms with Crippen LogP contribution < -0.4 is 30.7 Å². The zero-order valence-electron chi connectivity index (χ0n) is 34.7. The van der Waals surface area contributed by atoms with Gasteiger partial charge in [0.15, 0.2) is 11.6 Å². The van der Waals surface area contributed by atoms with E-state index < -0.39 is 5.91 Å². The first-order chi connectivity index (χ1) is 29.9. The molecule has 0 spiro atoms. The van der Waals surface area contributed by atoms with Crippen LogP contribution in [0.4, 0.5) is 22.7 Å². The van der Waals surface area contributed by atoms with E-state index in [1.165, 1.54) is 50.2 Å². The minimum absolute atomic E-state index is 0.0672. The Hall–Kier alpha value is -7.42. The Bertz CT molecular complexity index is 2570. The van der Waals surface area contributed by atoms with Gasteiger partial charge in [-0.1, -0.05) is 24.3 Å². The first-order valence-electron chi connectivity index (χ1n) is 19.8. The number of ether oxygens (including phenoxy) is 4. The molecular weight excluding hydrogens is 793 g/mol. The van der Waals surface area contributed by atoms with E-state index in [-0.39, 0.29) is 52.3 Å². The topological polar surface area (TPSA) is 200 Å². The van der Waals surface area contributed by atoms with Gasteiger partial charge in [-0.05, 0) is 116 Å². The van der Waals surface area contributed by atoms with Crippen molar-refractivity contribution in [2.24, 2.45) is 0 Å². The van der Waals surface area contributed by atoms with Crippen LogP contribution >= 0.6 is 0 Å². The van der Waals surface area contributed by atoms with Gasteiger partial charge in [0.05, 0.1) is 18.8 Å². The molecule has 320 valence electrons. The third-order valence-electron chi connectivity index (χ3n) is 9.53. The largest absolute Gasteiger partial charge is 0.508 e. The van der Waals surface area contributed by atoms with Gasteiger partial charge in [0, 0.05) is 58.9 Å². The molecule has 0 bridgehead atoms. The van der Waals surface area contributed by atoms with Crippen molar-refractivity contribution in [3.63, 3.8) is 0 Å². The van der Waals surface area contributed by atoms with Crippen molar-refractivity contribution < 1.29 is 48.3 Å². The Morgan fingerprint density at radius 2 is 1.16 bits per heavy atom. The molecule has 2 aliphatic rings. The fraction of sp³-hybridized carbons (Fsp3) is 0.208. The van der Waals surface area contributed by atoms with E-state index in [1.807, 2.05) is 48.5 Å². The molecule has 2 fully saturated rings. The number of Topliss-reactive ketones (excluding diaryl/α,β-unsaturated/α-hetero) is 2. The molecule has 0 aliphatic carbocycles. The van der Waals surface area contributed by atoms with E-state index in [1.54, 1.807) is 44.4 Å². The molecule has 8 rings (SSSR count). The average molecular weight is 841 g/mol. The maximum atomic E-state index is 12.2. The highest BCUT2D eigenvalue weighted by Gasteiger charge is 2.24. The number of epoxide rings is 2. The van der Waals surface area contributed by atoms with E-state index >= 15 is 0 Å². The summed E-state index contributed by atoms with van der Waals surface area (Å²) < 4.78 is 21.8. The normalized spacial score (nSPS) is 14.4. The standard InChI is InChI=1S/2C16H16N2O3.C16H16O4/c1-10(19)11-6-12(8-15(20)7-11)16(21)18-14-5-3-4-13(9-14)17-2;1-10(19)11-6-7-15(20)14(8-11)16(21)18-13-5-3-4-12(9-13)17-2;1-2-11-6-12(17-7-13-8-18-13)4-5-15(11)16(3-1)20-10-14-9-19-14/h2*3-9,17,20H,1-2H3,(H,18,21);1-6,13-14H,7-10H2. The van der Waals surface area contributed by atoms with Crippen LogP contribution in [0, 0.1) is 0 Å². The number of carbonyl (C=O) groups is 4. The zero-order valence-corrected chi connectivity index (χ0v) is 34.7. The van der Waals surface area contributed by atoms with E-state index in [0.717, 1.165) is 46.9 Å². The lowest BCUT2D eigenvalue weighted by Gasteiger charge is -2.10. The number of amides is 2. The molecule has 2 atom stereocenters. The number of aromatic hydroxyl groups is 2. The minimum atomic E-state index is -0.469. The van der Waals surface area contributed by atoms with E-state index in [4.69, 9.17) is 18.9 Å².